The number of nitrogens with one attached hydrogen (secondary N) is 2. The average Bonchev–Trinajstić information content (AvgIpc) is 3.13. The van der Waals surface area contributed by atoms with E-state index in [-0.39, 0.29) is 29.0 Å². The molecule has 0 saturated heterocycles. The lowest BCUT2D eigenvalue weighted by Gasteiger charge is -2.18. The second-order valence-corrected chi connectivity index (χ2v) is 7.11. The Bertz CT molecular complexity index is 935. The molecule has 0 spiro atoms. The number of rotatable bonds is 6. The molecule has 1 aromatic heterocycles. The number of hydrogen-bond donors (Lipinski definition) is 2. The summed E-state index contributed by atoms with van der Waals surface area (Å²) >= 11 is 0. The fourth-order valence-electron chi connectivity index (χ4n) is 3.35. The van der Waals surface area contributed by atoms with Gasteiger partial charge in [-0.2, -0.15) is 0 Å². The molecule has 8 heteroatoms. The molecule has 2 amide bonds. The standard InChI is InChI=1S/C21H26N4O4/c1-4-13(2)22-20(27)18-24-17(16-11-7-8-12-25(16)18)19(26)23-15-10-6-5-9-14(15)21(28)29-3/h5-6,9-10,13H,4,7-8,11-12H2,1-3H3,(H,22,27)(H,23,26). The minimum atomic E-state index is -0.540. The molecule has 0 fully saturated rings. The third-order valence-electron chi connectivity index (χ3n) is 5.11. The Morgan fingerprint density at radius 3 is 2.69 bits per heavy atom. The first kappa shape index (κ1) is 20.6. The molecule has 1 aliphatic heterocycles. The zero-order valence-electron chi connectivity index (χ0n) is 16.9. The highest BCUT2D eigenvalue weighted by molar-refractivity contribution is 6.08. The molecule has 1 unspecified atom stereocenters. The van der Waals surface area contributed by atoms with Gasteiger partial charge in [0.15, 0.2) is 11.5 Å². The third-order valence-corrected chi connectivity index (χ3v) is 5.11. The number of esters is 1. The first-order valence-electron chi connectivity index (χ1n) is 9.85. The molecule has 2 heterocycles. The second kappa shape index (κ2) is 8.89. The number of nitrogens with zero attached hydrogens (tertiary/aromatic N) is 2. The highest BCUT2D eigenvalue weighted by Gasteiger charge is 2.28. The van der Waals surface area contributed by atoms with Crippen LogP contribution in [0.15, 0.2) is 24.3 Å². The van der Waals surface area contributed by atoms with Gasteiger partial charge in [0.05, 0.1) is 24.1 Å². The topological polar surface area (TPSA) is 102 Å². The van der Waals surface area contributed by atoms with Crippen molar-refractivity contribution < 1.29 is 19.1 Å². The third kappa shape index (κ3) is 4.31. The number of methoxy groups -OCH3 is 1. The summed E-state index contributed by atoms with van der Waals surface area (Å²) in [5, 5.41) is 5.66. The molecule has 1 aliphatic rings. The van der Waals surface area contributed by atoms with Crippen LogP contribution in [0.5, 0.6) is 0 Å². The van der Waals surface area contributed by atoms with Crippen LogP contribution in [-0.2, 0) is 17.7 Å². The molecule has 0 bridgehead atoms. The van der Waals surface area contributed by atoms with Gasteiger partial charge in [-0.25, -0.2) is 9.78 Å². The largest absolute Gasteiger partial charge is 0.465 e. The monoisotopic (exact) mass is 398 g/mol. The lowest BCUT2D eigenvalue weighted by atomic mass is 10.1. The van der Waals surface area contributed by atoms with E-state index in [9.17, 15) is 14.4 Å². The fourth-order valence-corrected chi connectivity index (χ4v) is 3.35. The number of amides is 2. The molecule has 0 saturated carbocycles. The Morgan fingerprint density at radius 2 is 1.97 bits per heavy atom. The van der Waals surface area contributed by atoms with Crippen molar-refractivity contribution in [2.45, 2.75) is 52.1 Å². The van der Waals surface area contributed by atoms with Crippen molar-refractivity contribution in [2.75, 3.05) is 12.4 Å². The van der Waals surface area contributed by atoms with Gasteiger partial charge < -0.3 is 19.9 Å². The molecule has 29 heavy (non-hydrogen) atoms. The van der Waals surface area contributed by atoms with Crippen LogP contribution in [0.1, 0.15) is 70.3 Å². The van der Waals surface area contributed by atoms with Crippen molar-refractivity contribution in [1.29, 1.82) is 0 Å². The minimum Gasteiger partial charge on any atom is -0.465 e. The summed E-state index contributed by atoms with van der Waals surface area (Å²) in [6, 6.07) is 6.63. The van der Waals surface area contributed by atoms with Gasteiger partial charge in [-0.1, -0.05) is 19.1 Å². The van der Waals surface area contributed by atoms with Crippen molar-refractivity contribution in [1.82, 2.24) is 14.9 Å². The fraction of sp³-hybridized carbons (Fsp3) is 0.429. The number of fused-ring (bicyclic) bond motifs is 1. The number of ether oxygens (including phenoxy) is 1. The maximum Gasteiger partial charge on any atom is 0.339 e. The number of benzene rings is 1. The van der Waals surface area contributed by atoms with Crippen molar-refractivity contribution in [3.63, 3.8) is 0 Å². The molecule has 8 nitrogen and oxygen atoms in total. The number of para-hydroxylation sites is 1. The second-order valence-electron chi connectivity index (χ2n) is 7.11. The van der Waals surface area contributed by atoms with E-state index in [1.807, 2.05) is 18.4 Å². The lowest BCUT2D eigenvalue weighted by molar-refractivity contribution is 0.0601. The minimum absolute atomic E-state index is 0.0169. The van der Waals surface area contributed by atoms with E-state index in [2.05, 4.69) is 15.6 Å². The molecule has 154 valence electrons. The van der Waals surface area contributed by atoms with E-state index in [1.54, 1.807) is 24.3 Å². The molecule has 1 atom stereocenters. The molecule has 0 radical (unpaired) electrons. The summed E-state index contributed by atoms with van der Waals surface area (Å²) < 4.78 is 6.61. The van der Waals surface area contributed by atoms with Crippen LogP contribution in [0.25, 0.3) is 0 Å². The van der Waals surface area contributed by atoms with Gasteiger partial charge in [0, 0.05) is 12.6 Å². The number of anilines is 1. The van der Waals surface area contributed by atoms with Gasteiger partial charge in [0.2, 0.25) is 0 Å². The molecule has 0 aliphatic carbocycles. The van der Waals surface area contributed by atoms with Crippen molar-refractivity contribution in [3.8, 4) is 0 Å². The van der Waals surface area contributed by atoms with Gasteiger partial charge in [-0.3, -0.25) is 9.59 Å². The summed E-state index contributed by atoms with van der Waals surface area (Å²) in [4.78, 5) is 42.0. The van der Waals surface area contributed by atoms with Crippen molar-refractivity contribution >= 4 is 23.5 Å². The quantitative estimate of drug-likeness (QED) is 0.729. The predicted molar refractivity (Wildman–Crippen MR) is 108 cm³/mol. The summed E-state index contributed by atoms with van der Waals surface area (Å²) in [7, 11) is 1.29. The van der Waals surface area contributed by atoms with E-state index in [1.165, 1.54) is 7.11 Å². The molecule has 2 aromatic rings. The molecular formula is C21H26N4O4. The van der Waals surface area contributed by atoms with Crippen LogP contribution in [0.4, 0.5) is 5.69 Å². The number of imidazole rings is 1. The first-order chi connectivity index (χ1) is 14.0. The van der Waals surface area contributed by atoms with Crippen molar-refractivity contribution in [3.05, 3.63) is 47.0 Å². The van der Waals surface area contributed by atoms with Gasteiger partial charge in [0.25, 0.3) is 11.8 Å². The Balaban J connectivity index is 1.92. The maximum atomic E-state index is 13.0. The van der Waals surface area contributed by atoms with E-state index in [0.29, 0.717) is 18.7 Å². The molecular weight excluding hydrogens is 372 g/mol. The number of hydrogen-bond acceptors (Lipinski definition) is 5. The van der Waals surface area contributed by atoms with Crippen LogP contribution in [0.2, 0.25) is 0 Å². The highest BCUT2D eigenvalue weighted by atomic mass is 16.5. The zero-order valence-corrected chi connectivity index (χ0v) is 16.9. The SMILES string of the molecule is CCC(C)NC(=O)c1nc(C(=O)Nc2ccccc2C(=O)OC)c2n1CCCC2. The average molecular weight is 398 g/mol. The Morgan fingerprint density at radius 1 is 1.21 bits per heavy atom. The van der Waals surface area contributed by atoms with Crippen LogP contribution in [0.3, 0.4) is 0 Å². The van der Waals surface area contributed by atoms with Crippen LogP contribution in [0, 0.1) is 0 Å². The highest BCUT2D eigenvalue weighted by Crippen LogP contribution is 2.23. The predicted octanol–water partition coefficient (Wildman–Crippen LogP) is 2.79. The van der Waals surface area contributed by atoms with Crippen LogP contribution >= 0.6 is 0 Å². The molecule has 1 aromatic carbocycles. The molecule has 2 N–H and O–H groups in total. The van der Waals surface area contributed by atoms with E-state index in [4.69, 9.17) is 4.74 Å². The smallest absolute Gasteiger partial charge is 0.339 e. The summed E-state index contributed by atoms with van der Waals surface area (Å²) in [6.45, 7) is 4.57. The van der Waals surface area contributed by atoms with Gasteiger partial charge in [-0.15, -0.1) is 0 Å². The van der Waals surface area contributed by atoms with Crippen LogP contribution in [-0.4, -0.2) is 40.5 Å². The lowest BCUT2D eigenvalue weighted by Crippen LogP contribution is -2.34. The van der Waals surface area contributed by atoms with Crippen LogP contribution < -0.4 is 10.6 Å². The first-order valence-corrected chi connectivity index (χ1v) is 9.85. The van der Waals surface area contributed by atoms with Crippen molar-refractivity contribution in [2.24, 2.45) is 0 Å². The van der Waals surface area contributed by atoms with Gasteiger partial charge >= 0.3 is 5.97 Å². The van der Waals surface area contributed by atoms with Gasteiger partial charge in [-0.05, 0) is 44.7 Å². The summed E-state index contributed by atoms with van der Waals surface area (Å²) in [6.07, 6.45) is 3.33. The van der Waals surface area contributed by atoms with E-state index < -0.39 is 11.9 Å². The van der Waals surface area contributed by atoms with E-state index in [0.717, 1.165) is 25.0 Å². The van der Waals surface area contributed by atoms with Gasteiger partial charge in [0.1, 0.15) is 0 Å². The normalized spacial score (nSPS) is 13.9. The Kier molecular flexibility index (Phi) is 6.31. The number of carbonyl (C=O) groups is 3. The Hall–Kier alpha value is -3.16. The molecule has 3 rings (SSSR count). The zero-order chi connectivity index (χ0) is 21.0. The summed E-state index contributed by atoms with van der Waals surface area (Å²) in [5.41, 5.74) is 1.57. The number of aromatic nitrogens is 2. The van der Waals surface area contributed by atoms with E-state index >= 15 is 0 Å². The number of carbonyl (C=O) groups excluding carboxylic acids is 3. The summed E-state index contributed by atoms with van der Waals surface area (Å²) in [5.74, 6) is -1.01. The maximum absolute atomic E-state index is 13.0. The Labute approximate surface area is 169 Å².